The van der Waals surface area contributed by atoms with Crippen LogP contribution >= 0.6 is 0 Å². The normalized spacial score (nSPS) is 26.1. The highest BCUT2D eigenvalue weighted by Gasteiger charge is 2.35. The smallest absolute Gasteiger partial charge is 0.141 e. The minimum Gasteiger partial charge on any atom is -0.353 e. The number of halogens is 1. The summed E-state index contributed by atoms with van der Waals surface area (Å²) in [6.07, 6.45) is 5.32. The molecule has 0 N–H and O–H groups in total. The fourth-order valence-corrected chi connectivity index (χ4v) is 3.07. The molecule has 0 amide bonds. The summed E-state index contributed by atoms with van der Waals surface area (Å²) in [6.45, 7) is 5.63. The van der Waals surface area contributed by atoms with Gasteiger partial charge in [-0.15, -0.1) is 0 Å². The highest BCUT2D eigenvalue weighted by molar-refractivity contribution is 5.42. The monoisotopic (exact) mass is 249 g/mol. The SMILES string of the molecule is C[C@@H]1CCCCN1C1CN(c2ccc(F)cn2)C1. The molecule has 2 fully saturated rings. The average molecular weight is 249 g/mol. The van der Waals surface area contributed by atoms with Crippen molar-refractivity contribution in [2.75, 3.05) is 24.5 Å². The molecule has 0 radical (unpaired) electrons. The second-order valence-electron chi connectivity index (χ2n) is 5.48. The molecule has 3 heterocycles. The molecule has 2 saturated heterocycles. The Kier molecular flexibility index (Phi) is 3.20. The minimum absolute atomic E-state index is 0.263. The molecule has 0 unspecified atom stereocenters. The maximum Gasteiger partial charge on any atom is 0.141 e. The number of hydrogen-bond donors (Lipinski definition) is 0. The van der Waals surface area contributed by atoms with E-state index in [9.17, 15) is 4.39 Å². The van der Waals surface area contributed by atoms with E-state index < -0.39 is 0 Å². The molecule has 0 bridgehead atoms. The Morgan fingerprint density at radius 1 is 1.28 bits per heavy atom. The summed E-state index contributed by atoms with van der Waals surface area (Å²) < 4.78 is 12.8. The summed E-state index contributed by atoms with van der Waals surface area (Å²) in [7, 11) is 0. The first-order chi connectivity index (χ1) is 8.74. The first-order valence-electron chi connectivity index (χ1n) is 6.86. The zero-order valence-electron chi connectivity index (χ0n) is 10.8. The molecule has 0 spiro atoms. The summed E-state index contributed by atoms with van der Waals surface area (Å²) in [5, 5.41) is 0. The second kappa shape index (κ2) is 4.84. The maximum atomic E-state index is 12.8. The highest BCUT2D eigenvalue weighted by atomic mass is 19.1. The summed E-state index contributed by atoms with van der Waals surface area (Å²) in [6, 6.07) is 4.63. The van der Waals surface area contributed by atoms with Gasteiger partial charge >= 0.3 is 0 Å². The molecule has 3 rings (SSSR count). The topological polar surface area (TPSA) is 19.4 Å². The van der Waals surface area contributed by atoms with Crippen molar-refractivity contribution in [2.24, 2.45) is 0 Å². The number of pyridine rings is 1. The second-order valence-corrected chi connectivity index (χ2v) is 5.48. The van der Waals surface area contributed by atoms with Gasteiger partial charge in [0, 0.05) is 25.2 Å². The number of rotatable bonds is 2. The van der Waals surface area contributed by atoms with Crippen LogP contribution in [0.3, 0.4) is 0 Å². The van der Waals surface area contributed by atoms with Crippen molar-refractivity contribution >= 4 is 5.82 Å². The van der Waals surface area contributed by atoms with E-state index in [1.54, 1.807) is 6.07 Å². The standard InChI is InChI=1S/C14H20FN3/c1-11-4-2-3-7-18(11)13-9-17(10-13)14-6-5-12(15)8-16-14/h5-6,8,11,13H,2-4,7,9-10H2,1H3/t11-/m1/s1. The van der Waals surface area contributed by atoms with Gasteiger partial charge in [0.05, 0.1) is 6.20 Å². The third kappa shape index (κ3) is 2.21. The Morgan fingerprint density at radius 2 is 2.11 bits per heavy atom. The minimum atomic E-state index is -0.263. The predicted molar refractivity (Wildman–Crippen MR) is 70.2 cm³/mol. The molecule has 1 atom stereocenters. The van der Waals surface area contributed by atoms with Crippen molar-refractivity contribution in [3.63, 3.8) is 0 Å². The molecule has 0 saturated carbocycles. The maximum absolute atomic E-state index is 12.8. The van der Waals surface area contributed by atoms with Crippen molar-refractivity contribution in [3.05, 3.63) is 24.1 Å². The number of anilines is 1. The third-order valence-electron chi connectivity index (χ3n) is 4.22. The van der Waals surface area contributed by atoms with Gasteiger partial charge in [-0.3, -0.25) is 4.90 Å². The fourth-order valence-electron chi connectivity index (χ4n) is 3.07. The molecule has 2 aliphatic heterocycles. The van der Waals surface area contributed by atoms with Crippen molar-refractivity contribution in [2.45, 2.75) is 38.3 Å². The van der Waals surface area contributed by atoms with Gasteiger partial charge in [0.25, 0.3) is 0 Å². The van der Waals surface area contributed by atoms with Gasteiger partial charge in [0.2, 0.25) is 0 Å². The van der Waals surface area contributed by atoms with Crippen LogP contribution in [0.1, 0.15) is 26.2 Å². The molecule has 98 valence electrons. The summed E-state index contributed by atoms with van der Waals surface area (Å²) in [5.74, 6) is 0.637. The van der Waals surface area contributed by atoms with Crippen LogP contribution in [0.5, 0.6) is 0 Å². The van der Waals surface area contributed by atoms with Gasteiger partial charge in [-0.05, 0) is 38.4 Å². The van der Waals surface area contributed by atoms with Gasteiger partial charge in [-0.1, -0.05) is 6.42 Å². The van der Waals surface area contributed by atoms with Crippen LogP contribution in [0.25, 0.3) is 0 Å². The summed E-state index contributed by atoms with van der Waals surface area (Å²) in [4.78, 5) is 8.99. The highest BCUT2D eigenvalue weighted by Crippen LogP contribution is 2.27. The van der Waals surface area contributed by atoms with Crippen molar-refractivity contribution in [3.8, 4) is 0 Å². The van der Waals surface area contributed by atoms with E-state index in [0.717, 1.165) is 18.9 Å². The fraction of sp³-hybridized carbons (Fsp3) is 0.643. The van der Waals surface area contributed by atoms with Gasteiger partial charge in [0.15, 0.2) is 0 Å². The van der Waals surface area contributed by atoms with Crippen LogP contribution in [0.2, 0.25) is 0 Å². The lowest BCUT2D eigenvalue weighted by molar-refractivity contribution is 0.0872. The Bertz CT molecular complexity index is 400. The lowest BCUT2D eigenvalue weighted by Gasteiger charge is -2.49. The largest absolute Gasteiger partial charge is 0.353 e. The van der Waals surface area contributed by atoms with Crippen LogP contribution < -0.4 is 4.90 Å². The predicted octanol–water partition coefficient (Wildman–Crippen LogP) is 2.28. The number of hydrogen-bond acceptors (Lipinski definition) is 3. The number of likely N-dealkylation sites (tertiary alicyclic amines) is 1. The zero-order valence-corrected chi connectivity index (χ0v) is 10.8. The van der Waals surface area contributed by atoms with E-state index in [-0.39, 0.29) is 5.82 Å². The Labute approximate surface area is 108 Å². The summed E-state index contributed by atoms with van der Waals surface area (Å²) >= 11 is 0. The third-order valence-corrected chi connectivity index (χ3v) is 4.22. The first-order valence-corrected chi connectivity index (χ1v) is 6.86. The Balaban J connectivity index is 1.58. The van der Waals surface area contributed by atoms with Crippen LogP contribution in [0, 0.1) is 5.82 Å². The molecular formula is C14H20FN3. The van der Waals surface area contributed by atoms with E-state index in [1.807, 2.05) is 0 Å². The van der Waals surface area contributed by atoms with E-state index >= 15 is 0 Å². The molecule has 2 aliphatic rings. The Morgan fingerprint density at radius 3 is 2.78 bits per heavy atom. The number of nitrogens with zero attached hydrogens (tertiary/aromatic N) is 3. The molecular weight excluding hydrogens is 229 g/mol. The quantitative estimate of drug-likeness (QED) is 0.801. The van der Waals surface area contributed by atoms with E-state index in [4.69, 9.17) is 0 Å². The molecule has 1 aromatic heterocycles. The van der Waals surface area contributed by atoms with Crippen molar-refractivity contribution in [1.29, 1.82) is 0 Å². The van der Waals surface area contributed by atoms with Gasteiger partial charge < -0.3 is 4.90 Å². The van der Waals surface area contributed by atoms with E-state index in [1.165, 1.54) is 38.1 Å². The molecule has 0 aromatic carbocycles. The van der Waals surface area contributed by atoms with E-state index in [0.29, 0.717) is 12.1 Å². The zero-order chi connectivity index (χ0) is 12.5. The van der Waals surface area contributed by atoms with Gasteiger partial charge in [0.1, 0.15) is 11.6 Å². The van der Waals surface area contributed by atoms with Crippen molar-refractivity contribution in [1.82, 2.24) is 9.88 Å². The van der Waals surface area contributed by atoms with Crippen LogP contribution in [0.15, 0.2) is 18.3 Å². The van der Waals surface area contributed by atoms with Crippen LogP contribution in [-0.2, 0) is 0 Å². The van der Waals surface area contributed by atoms with E-state index in [2.05, 4.69) is 21.7 Å². The summed E-state index contributed by atoms with van der Waals surface area (Å²) in [5.41, 5.74) is 0. The van der Waals surface area contributed by atoms with Crippen LogP contribution in [-0.4, -0.2) is 41.6 Å². The molecule has 1 aromatic rings. The van der Waals surface area contributed by atoms with Gasteiger partial charge in [-0.25, -0.2) is 9.37 Å². The number of aromatic nitrogens is 1. The first kappa shape index (κ1) is 11.9. The van der Waals surface area contributed by atoms with Crippen molar-refractivity contribution < 1.29 is 4.39 Å². The van der Waals surface area contributed by atoms with Gasteiger partial charge in [-0.2, -0.15) is 0 Å². The average Bonchev–Trinajstić information content (AvgIpc) is 2.32. The lowest BCUT2D eigenvalue weighted by atomic mass is 9.97. The number of piperidine rings is 1. The van der Waals surface area contributed by atoms with Crippen LogP contribution in [0.4, 0.5) is 10.2 Å². The lowest BCUT2D eigenvalue weighted by Crippen LogP contribution is -2.62. The Hall–Kier alpha value is -1.16. The molecule has 3 nitrogen and oxygen atoms in total. The molecule has 18 heavy (non-hydrogen) atoms. The molecule has 4 heteroatoms. The molecule has 0 aliphatic carbocycles.